The Morgan fingerprint density at radius 3 is 2.73 bits per heavy atom. The summed E-state index contributed by atoms with van der Waals surface area (Å²) in [6.45, 7) is 4.61. The number of rotatable bonds is 10. The zero-order valence-corrected chi connectivity index (χ0v) is 20.9. The van der Waals surface area contributed by atoms with Crippen LogP contribution in [-0.4, -0.2) is 73.2 Å². The van der Waals surface area contributed by atoms with Gasteiger partial charge in [-0.1, -0.05) is 29.6 Å². The zero-order valence-electron chi connectivity index (χ0n) is 18.6. The lowest BCUT2D eigenvalue weighted by Gasteiger charge is -2.26. The van der Waals surface area contributed by atoms with Crippen molar-refractivity contribution in [2.75, 3.05) is 51.8 Å². The molecule has 1 aliphatic heterocycles. The van der Waals surface area contributed by atoms with Crippen LogP contribution >= 0.6 is 34.5 Å². The summed E-state index contributed by atoms with van der Waals surface area (Å²) in [7, 11) is 1.57. The number of thiazole rings is 1. The first kappa shape index (κ1) is 25.7. The largest absolute Gasteiger partial charge is 0.383 e. The highest BCUT2D eigenvalue weighted by Gasteiger charge is 2.18. The Balaban J connectivity index is 1.54. The maximum Gasteiger partial charge on any atom is 0.322 e. The van der Waals surface area contributed by atoms with Crippen LogP contribution in [0.25, 0.3) is 0 Å². The van der Waals surface area contributed by atoms with E-state index in [0.29, 0.717) is 46.1 Å². The maximum atomic E-state index is 12.8. The van der Waals surface area contributed by atoms with Crippen molar-refractivity contribution in [3.63, 3.8) is 0 Å². The molecule has 0 atom stereocenters. The molecule has 0 bridgehead atoms. The molecule has 33 heavy (non-hydrogen) atoms. The number of hydrogen-bond acceptors (Lipinski definition) is 6. The van der Waals surface area contributed by atoms with Crippen molar-refractivity contribution in [1.29, 1.82) is 0 Å². The minimum atomic E-state index is -0.326. The first-order valence-electron chi connectivity index (χ1n) is 10.9. The van der Waals surface area contributed by atoms with Gasteiger partial charge >= 0.3 is 6.03 Å². The first-order chi connectivity index (χ1) is 16.0. The molecule has 1 fully saturated rings. The van der Waals surface area contributed by atoms with Crippen molar-refractivity contribution in [3.05, 3.63) is 44.3 Å². The van der Waals surface area contributed by atoms with E-state index in [4.69, 9.17) is 27.9 Å². The van der Waals surface area contributed by atoms with Crippen LogP contribution in [0, 0.1) is 0 Å². The number of likely N-dealkylation sites (tertiary alicyclic amines) is 1. The second-order valence-electron chi connectivity index (χ2n) is 7.76. The SMILES string of the molecule is COCCN(Cc1nc(C(=O)NCCN2CCCCC2)cs1)C(=O)Nc1ccc(Cl)c(Cl)c1. The summed E-state index contributed by atoms with van der Waals surface area (Å²) in [5.41, 5.74) is 0.898. The average Bonchev–Trinajstić information content (AvgIpc) is 3.28. The Kier molecular flexibility index (Phi) is 10.2. The summed E-state index contributed by atoms with van der Waals surface area (Å²) in [6, 6.07) is 4.56. The van der Waals surface area contributed by atoms with Crippen molar-refractivity contribution in [2.45, 2.75) is 25.8 Å². The van der Waals surface area contributed by atoms with Gasteiger partial charge in [-0.2, -0.15) is 0 Å². The molecule has 0 saturated carbocycles. The van der Waals surface area contributed by atoms with Gasteiger partial charge in [0.1, 0.15) is 10.7 Å². The lowest BCUT2D eigenvalue weighted by molar-refractivity contribution is 0.0942. The van der Waals surface area contributed by atoms with Crippen LogP contribution in [0.15, 0.2) is 23.6 Å². The number of ether oxygens (including phenoxy) is 1. The van der Waals surface area contributed by atoms with Crippen LogP contribution in [0.1, 0.15) is 34.8 Å². The number of carbonyl (C=O) groups excluding carboxylic acids is 2. The molecular formula is C22H29Cl2N5O3S. The molecule has 180 valence electrons. The number of nitrogens with one attached hydrogen (secondary N) is 2. The summed E-state index contributed by atoms with van der Waals surface area (Å²) in [6.07, 6.45) is 3.74. The first-order valence-corrected chi connectivity index (χ1v) is 12.5. The van der Waals surface area contributed by atoms with Gasteiger partial charge in [-0.15, -0.1) is 11.3 Å². The number of methoxy groups -OCH3 is 1. The van der Waals surface area contributed by atoms with Crippen LogP contribution in [0.3, 0.4) is 0 Å². The van der Waals surface area contributed by atoms with E-state index in [2.05, 4.69) is 20.5 Å². The third-order valence-electron chi connectivity index (χ3n) is 5.30. The molecular weight excluding hydrogens is 485 g/mol. The van der Waals surface area contributed by atoms with Gasteiger partial charge in [-0.25, -0.2) is 9.78 Å². The molecule has 0 aliphatic carbocycles. The van der Waals surface area contributed by atoms with E-state index in [1.165, 1.54) is 30.6 Å². The quantitative estimate of drug-likeness (QED) is 0.493. The molecule has 1 aromatic carbocycles. The normalized spacial score (nSPS) is 14.2. The van der Waals surface area contributed by atoms with Gasteiger partial charge in [0, 0.05) is 37.8 Å². The van der Waals surface area contributed by atoms with Crippen LogP contribution in [0.4, 0.5) is 10.5 Å². The minimum absolute atomic E-state index is 0.196. The van der Waals surface area contributed by atoms with E-state index < -0.39 is 0 Å². The fraction of sp³-hybridized carbons (Fsp3) is 0.500. The van der Waals surface area contributed by atoms with Crippen LogP contribution in [0.2, 0.25) is 10.0 Å². The Hall–Kier alpha value is -1.91. The highest BCUT2D eigenvalue weighted by Crippen LogP contribution is 2.25. The van der Waals surface area contributed by atoms with Crippen LogP contribution < -0.4 is 10.6 Å². The van der Waals surface area contributed by atoms with Crippen molar-refractivity contribution < 1.29 is 14.3 Å². The molecule has 8 nitrogen and oxygen atoms in total. The molecule has 2 N–H and O–H groups in total. The van der Waals surface area contributed by atoms with Gasteiger partial charge in [-0.3, -0.25) is 4.79 Å². The highest BCUT2D eigenvalue weighted by molar-refractivity contribution is 7.09. The molecule has 3 amide bonds. The van der Waals surface area contributed by atoms with Gasteiger partial charge in [0.25, 0.3) is 5.91 Å². The second-order valence-corrected chi connectivity index (χ2v) is 9.52. The van der Waals surface area contributed by atoms with Gasteiger partial charge in [0.2, 0.25) is 0 Å². The molecule has 11 heteroatoms. The number of hydrogen-bond donors (Lipinski definition) is 2. The molecule has 1 aromatic heterocycles. The van der Waals surface area contributed by atoms with E-state index in [-0.39, 0.29) is 18.5 Å². The Labute approximate surface area is 208 Å². The number of anilines is 1. The summed E-state index contributed by atoms with van der Waals surface area (Å²) < 4.78 is 5.14. The fourth-order valence-electron chi connectivity index (χ4n) is 3.48. The van der Waals surface area contributed by atoms with Gasteiger partial charge in [0.15, 0.2) is 0 Å². The molecule has 1 aliphatic rings. The van der Waals surface area contributed by atoms with Gasteiger partial charge < -0.3 is 25.2 Å². The second kappa shape index (κ2) is 13.1. The van der Waals surface area contributed by atoms with Gasteiger partial charge in [0.05, 0.1) is 23.2 Å². The number of halogens is 2. The van der Waals surface area contributed by atoms with Crippen molar-refractivity contribution in [1.82, 2.24) is 20.1 Å². The monoisotopic (exact) mass is 513 g/mol. The summed E-state index contributed by atoms with van der Waals surface area (Å²) in [5, 5.41) is 8.90. The smallest absolute Gasteiger partial charge is 0.322 e. The third kappa shape index (κ3) is 8.12. The summed E-state index contributed by atoms with van der Waals surface area (Å²) in [4.78, 5) is 33.7. The summed E-state index contributed by atoms with van der Waals surface area (Å²) >= 11 is 13.3. The van der Waals surface area contributed by atoms with Crippen molar-refractivity contribution in [2.24, 2.45) is 0 Å². The molecule has 0 radical (unpaired) electrons. The molecule has 2 aromatic rings. The highest BCUT2D eigenvalue weighted by atomic mass is 35.5. The fourth-order valence-corrected chi connectivity index (χ4v) is 4.57. The Bertz CT molecular complexity index is 937. The molecule has 0 spiro atoms. The summed E-state index contributed by atoms with van der Waals surface area (Å²) in [5.74, 6) is -0.196. The van der Waals surface area contributed by atoms with E-state index in [1.54, 1.807) is 35.6 Å². The third-order valence-corrected chi connectivity index (χ3v) is 6.87. The van der Waals surface area contributed by atoms with Crippen molar-refractivity contribution >= 4 is 52.2 Å². The molecule has 1 saturated heterocycles. The van der Waals surface area contributed by atoms with Crippen LogP contribution in [-0.2, 0) is 11.3 Å². The molecule has 3 rings (SSSR count). The number of nitrogens with zero attached hydrogens (tertiary/aromatic N) is 3. The Morgan fingerprint density at radius 1 is 1.21 bits per heavy atom. The minimum Gasteiger partial charge on any atom is -0.383 e. The maximum absolute atomic E-state index is 12.8. The zero-order chi connectivity index (χ0) is 23.6. The molecule has 2 heterocycles. The van der Waals surface area contributed by atoms with Crippen molar-refractivity contribution in [3.8, 4) is 0 Å². The number of carbonyl (C=O) groups is 2. The number of piperidine rings is 1. The van der Waals surface area contributed by atoms with E-state index >= 15 is 0 Å². The van der Waals surface area contributed by atoms with E-state index in [1.807, 2.05) is 0 Å². The van der Waals surface area contributed by atoms with Gasteiger partial charge in [-0.05, 0) is 44.1 Å². The molecule has 0 unspecified atom stereocenters. The lowest BCUT2D eigenvalue weighted by atomic mass is 10.1. The standard InChI is InChI=1S/C22H29Cl2N5O3S/c1-32-12-11-29(22(31)26-16-5-6-17(23)18(24)13-16)14-20-27-19(15-33-20)21(30)25-7-10-28-8-3-2-4-9-28/h5-6,13,15H,2-4,7-12,14H2,1H3,(H,25,30)(H,26,31). The number of aromatic nitrogens is 1. The topological polar surface area (TPSA) is 86.8 Å². The lowest BCUT2D eigenvalue weighted by Crippen LogP contribution is -2.38. The van der Waals surface area contributed by atoms with E-state index in [0.717, 1.165) is 19.6 Å². The number of benzene rings is 1. The number of urea groups is 1. The van der Waals surface area contributed by atoms with E-state index in [9.17, 15) is 9.59 Å². The van der Waals surface area contributed by atoms with Crippen LogP contribution in [0.5, 0.6) is 0 Å². The Morgan fingerprint density at radius 2 is 2.00 bits per heavy atom. The number of amides is 3. The predicted octanol–water partition coefficient (Wildman–Crippen LogP) is 4.35. The average molecular weight is 514 g/mol. The predicted molar refractivity (Wildman–Crippen MR) is 133 cm³/mol.